The van der Waals surface area contributed by atoms with E-state index in [1.165, 1.54) is 23.6 Å². The number of ether oxygens (including phenoxy) is 2. The van der Waals surface area contributed by atoms with E-state index in [0.717, 1.165) is 18.5 Å². The van der Waals surface area contributed by atoms with Crippen molar-refractivity contribution in [3.63, 3.8) is 0 Å². The number of aromatic nitrogens is 4. The van der Waals surface area contributed by atoms with Gasteiger partial charge in [-0.05, 0) is 54.7 Å². The van der Waals surface area contributed by atoms with Gasteiger partial charge in [-0.3, -0.25) is 9.78 Å². The van der Waals surface area contributed by atoms with E-state index in [1.54, 1.807) is 30.7 Å². The van der Waals surface area contributed by atoms with Gasteiger partial charge in [-0.15, -0.1) is 0 Å². The van der Waals surface area contributed by atoms with Gasteiger partial charge in [0.2, 0.25) is 11.9 Å². The predicted octanol–water partition coefficient (Wildman–Crippen LogP) is 3.80. The standard InChI is InChI=1S/C31H36F2N8O3/c1-18-15-40(16-25(34)30(18)37-19(2)42)28-5-8-35-14-27(28)38-31-36-13-21-3-4-26(39-41(21)31)29-23(32)11-20(12-24(29)33)17-44-22-6-9-43-10-7-22/h3-5,8,11-14,18,22,25,30H,6-7,9-10,15-17,34H2,1-2H3,(H,36,38)(H,37,42). The zero-order valence-electron chi connectivity index (χ0n) is 24.7. The minimum atomic E-state index is -0.722. The molecular formula is C31H36F2N8O3. The van der Waals surface area contributed by atoms with Crippen LogP contribution in [0.2, 0.25) is 0 Å². The molecule has 2 saturated heterocycles. The molecule has 13 heteroatoms. The number of hydrogen-bond donors (Lipinski definition) is 3. The maximum Gasteiger partial charge on any atom is 0.229 e. The number of carbonyl (C=O) groups is 1. The number of nitrogens with zero attached hydrogens (tertiary/aromatic N) is 5. The Kier molecular flexibility index (Phi) is 8.69. The number of anilines is 3. The van der Waals surface area contributed by atoms with Gasteiger partial charge in [-0.2, -0.15) is 9.61 Å². The second-order valence-electron chi connectivity index (χ2n) is 11.5. The van der Waals surface area contributed by atoms with Crippen molar-refractivity contribution in [2.45, 2.75) is 51.5 Å². The molecule has 0 bridgehead atoms. The highest BCUT2D eigenvalue weighted by Gasteiger charge is 2.34. The summed E-state index contributed by atoms with van der Waals surface area (Å²) >= 11 is 0. The third-order valence-electron chi connectivity index (χ3n) is 8.17. The van der Waals surface area contributed by atoms with Crippen molar-refractivity contribution < 1.29 is 23.0 Å². The fourth-order valence-corrected chi connectivity index (χ4v) is 6.00. The summed E-state index contributed by atoms with van der Waals surface area (Å²) in [5.74, 6) is -1.10. The van der Waals surface area contributed by atoms with Crippen molar-refractivity contribution in [2.75, 3.05) is 36.5 Å². The lowest BCUT2D eigenvalue weighted by molar-refractivity contribution is -0.120. The molecule has 3 atom stereocenters. The SMILES string of the molecule is CC(=O)NC1C(C)CN(c2ccncc2Nc2ncc3ccc(-c4c(F)cc(COC5CCOCC5)cc4F)nn23)CC1N. The van der Waals surface area contributed by atoms with Crippen LogP contribution in [0.5, 0.6) is 0 Å². The molecule has 3 aromatic heterocycles. The number of nitrogens with one attached hydrogen (secondary N) is 2. The van der Waals surface area contributed by atoms with Crippen molar-refractivity contribution in [2.24, 2.45) is 11.7 Å². The van der Waals surface area contributed by atoms with Crippen LogP contribution in [0, 0.1) is 17.6 Å². The number of fused-ring (bicyclic) bond motifs is 1. The van der Waals surface area contributed by atoms with Gasteiger partial charge in [-0.1, -0.05) is 6.92 Å². The number of imidazole rings is 1. The van der Waals surface area contributed by atoms with Crippen molar-refractivity contribution in [1.82, 2.24) is 24.9 Å². The van der Waals surface area contributed by atoms with Crippen LogP contribution in [0.3, 0.4) is 0 Å². The van der Waals surface area contributed by atoms with Crippen LogP contribution in [-0.2, 0) is 20.9 Å². The molecule has 0 radical (unpaired) electrons. The fraction of sp³-hybridized carbons (Fsp3) is 0.419. The molecule has 5 heterocycles. The highest BCUT2D eigenvalue weighted by molar-refractivity contribution is 5.75. The number of pyridine rings is 1. The molecule has 2 aliphatic heterocycles. The van der Waals surface area contributed by atoms with Crippen molar-refractivity contribution in [1.29, 1.82) is 0 Å². The first-order valence-electron chi connectivity index (χ1n) is 14.8. The number of nitrogens with two attached hydrogens (primary N) is 1. The van der Waals surface area contributed by atoms with Gasteiger partial charge >= 0.3 is 0 Å². The maximum absolute atomic E-state index is 15.3. The summed E-state index contributed by atoms with van der Waals surface area (Å²) < 4.78 is 43.3. The van der Waals surface area contributed by atoms with E-state index < -0.39 is 11.6 Å². The number of amides is 1. The molecule has 1 aromatic carbocycles. The smallest absolute Gasteiger partial charge is 0.229 e. The molecule has 0 spiro atoms. The summed E-state index contributed by atoms with van der Waals surface area (Å²) in [4.78, 5) is 22.6. The average Bonchev–Trinajstić information content (AvgIpc) is 3.40. The molecule has 232 valence electrons. The molecule has 4 N–H and O–H groups in total. The van der Waals surface area contributed by atoms with E-state index in [-0.39, 0.29) is 47.9 Å². The molecule has 11 nitrogen and oxygen atoms in total. The summed E-state index contributed by atoms with van der Waals surface area (Å²) in [6.07, 6.45) is 6.53. The second-order valence-corrected chi connectivity index (χ2v) is 11.5. The molecular weight excluding hydrogens is 570 g/mol. The van der Waals surface area contributed by atoms with Crippen LogP contribution < -0.4 is 21.3 Å². The molecule has 0 aliphatic carbocycles. The van der Waals surface area contributed by atoms with E-state index in [1.807, 2.05) is 6.07 Å². The number of halogens is 2. The normalized spacial score (nSPS) is 21.0. The molecule has 0 saturated carbocycles. The van der Waals surface area contributed by atoms with Crippen LogP contribution in [0.1, 0.15) is 32.3 Å². The molecule has 6 rings (SSSR count). The van der Waals surface area contributed by atoms with Crippen LogP contribution in [-0.4, -0.2) is 70.0 Å². The fourth-order valence-electron chi connectivity index (χ4n) is 6.00. The summed E-state index contributed by atoms with van der Waals surface area (Å²) in [6, 6.07) is 7.34. The van der Waals surface area contributed by atoms with Crippen molar-refractivity contribution >= 4 is 28.7 Å². The summed E-state index contributed by atoms with van der Waals surface area (Å²) in [7, 11) is 0. The third-order valence-corrected chi connectivity index (χ3v) is 8.17. The van der Waals surface area contributed by atoms with Gasteiger partial charge in [0, 0.05) is 51.5 Å². The van der Waals surface area contributed by atoms with E-state index in [4.69, 9.17) is 15.2 Å². The van der Waals surface area contributed by atoms with Gasteiger partial charge in [0.05, 0.1) is 53.3 Å². The van der Waals surface area contributed by atoms with Gasteiger partial charge in [0.15, 0.2) is 0 Å². The van der Waals surface area contributed by atoms with Crippen molar-refractivity contribution in [3.8, 4) is 11.3 Å². The summed E-state index contributed by atoms with van der Waals surface area (Å²) in [6.45, 7) is 6.10. The zero-order chi connectivity index (χ0) is 30.8. The molecule has 2 aliphatic rings. The lowest BCUT2D eigenvalue weighted by Gasteiger charge is -2.42. The third kappa shape index (κ3) is 6.35. The Bertz CT molecular complexity index is 1610. The van der Waals surface area contributed by atoms with Crippen LogP contribution >= 0.6 is 0 Å². The maximum atomic E-state index is 15.3. The topological polar surface area (TPSA) is 132 Å². The number of carbonyl (C=O) groups excluding carboxylic acids is 1. The first-order valence-corrected chi connectivity index (χ1v) is 14.8. The van der Waals surface area contributed by atoms with Crippen LogP contribution in [0.25, 0.3) is 16.8 Å². The molecule has 2 fully saturated rings. The van der Waals surface area contributed by atoms with Crippen molar-refractivity contribution in [3.05, 3.63) is 66.1 Å². The Morgan fingerprint density at radius 3 is 2.64 bits per heavy atom. The first kappa shape index (κ1) is 29.9. The first-order chi connectivity index (χ1) is 21.3. The van der Waals surface area contributed by atoms with Gasteiger partial charge in [-0.25, -0.2) is 13.8 Å². The highest BCUT2D eigenvalue weighted by atomic mass is 19.1. The highest BCUT2D eigenvalue weighted by Crippen LogP contribution is 2.32. The number of rotatable bonds is 8. The minimum Gasteiger partial charge on any atom is -0.381 e. The van der Waals surface area contributed by atoms with E-state index in [9.17, 15) is 4.79 Å². The quantitative estimate of drug-likeness (QED) is 0.274. The van der Waals surface area contributed by atoms with E-state index >= 15 is 8.78 Å². The Morgan fingerprint density at radius 1 is 1.14 bits per heavy atom. The lowest BCUT2D eigenvalue weighted by atomic mass is 9.89. The number of benzene rings is 1. The number of piperidine rings is 1. The predicted molar refractivity (Wildman–Crippen MR) is 161 cm³/mol. The Labute approximate surface area is 253 Å². The number of hydrogen-bond acceptors (Lipinski definition) is 9. The average molecular weight is 607 g/mol. The largest absolute Gasteiger partial charge is 0.381 e. The zero-order valence-corrected chi connectivity index (χ0v) is 24.7. The summed E-state index contributed by atoms with van der Waals surface area (Å²) in [5, 5.41) is 10.8. The Balaban J connectivity index is 1.23. The Morgan fingerprint density at radius 2 is 1.91 bits per heavy atom. The lowest BCUT2D eigenvalue weighted by Crippen LogP contribution is -2.61. The summed E-state index contributed by atoms with van der Waals surface area (Å²) in [5.41, 5.74) is 8.93. The van der Waals surface area contributed by atoms with Gasteiger partial charge in [0.1, 0.15) is 11.6 Å². The molecule has 1 amide bonds. The van der Waals surface area contributed by atoms with Gasteiger partial charge < -0.3 is 30.7 Å². The van der Waals surface area contributed by atoms with E-state index in [0.29, 0.717) is 49.0 Å². The molecule has 3 unspecified atom stereocenters. The Hall–Kier alpha value is -4.20. The second kappa shape index (κ2) is 12.8. The van der Waals surface area contributed by atoms with Crippen LogP contribution in [0.15, 0.2) is 48.9 Å². The van der Waals surface area contributed by atoms with E-state index in [2.05, 4.69) is 37.5 Å². The van der Waals surface area contributed by atoms with Crippen LogP contribution in [0.4, 0.5) is 26.1 Å². The van der Waals surface area contributed by atoms with Gasteiger partial charge in [0.25, 0.3) is 0 Å². The monoisotopic (exact) mass is 606 g/mol. The molecule has 4 aromatic rings. The molecule has 44 heavy (non-hydrogen) atoms. The minimum absolute atomic E-state index is 0.0156.